The molecule has 2 fully saturated rings. The van der Waals surface area contributed by atoms with Crippen LogP contribution in [0.1, 0.15) is 19.8 Å². The molecule has 2 saturated heterocycles. The molecule has 0 spiro atoms. The molecular formula is C12H18N2O4S. The van der Waals surface area contributed by atoms with E-state index >= 15 is 0 Å². The minimum Gasteiger partial charge on any atom is -0.466 e. The lowest BCUT2D eigenvalue weighted by Gasteiger charge is -2.32. The lowest BCUT2D eigenvalue weighted by Crippen LogP contribution is -2.50. The van der Waals surface area contributed by atoms with E-state index in [0.717, 1.165) is 24.6 Å². The maximum absolute atomic E-state index is 12.2. The number of hydrogen-bond donors (Lipinski definition) is 1. The van der Waals surface area contributed by atoms with Crippen molar-refractivity contribution in [3.05, 3.63) is 0 Å². The molecule has 0 aromatic rings. The van der Waals surface area contributed by atoms with Crippen LogP contribution in [0.2, 0.25) is 0 Å². The molecule has 0 radical (unpaired) electrons. The van der Waals surface area contributed by atoms with Crippen LogP contribution in [-0.2, 0) is 14.3 Å². The van der Waals surface area contributed by atoms with Gasteiger partial charge in [-0.05, 0) is 19.8 Å². The number of carbonyl (C=O) groups excluding carboxylic acids is 3. The van der Waals surface area contributed by atoms with Crippen molar-refractivity contribution >= 4 is 28.9 Å². The van der Waals surface area contributed by atoms with Gasteiger partial charge >= 0.3 is 5.97 Å². The molecule has 2 heterocycles. The second kappa shape index (κ2) is 6.27. The monoisotopic (exact) mass is 286 g/mol. The topological polar surface area (TPSA) is 75.7 Å². The van der Waals surface area contributed by atoms with Gasteiger partial charge in [0.25, 0.3) is 5.24 Å². The number of amides is 2. The molecule has 1 N–H and O–H groups in total. The predicted octanol–water partition coefficient (Wildman–Crippen LogP) is 0.613. The van der Waals surface area contributed by atoms with E-state index in [4.69, 9.17) is 4.74 Å². The highest BCUT2D eigenvalue weighted by Crippen LogP contribution is 2.21. The zero-order valence-electron chi connectivity index (χ0n) is 10.9. The first-order chi connectivity index (χ1) is 9.11. The van der Waals surface area contributed by atoms with Crippen LogP contribution in [-0.4, -0.2) is 53.5 Å². The number of ether oxygens (including phenoxy) is 1. The van der Waals surface area contributed by atoms with Gasteiger partial charge in [0.1, 0.15) is 6.04 Å². The molecule has 0 aromatic heterocycles. The summed E-state index contributed by atoms with van der Waals surface area (Å²) in [5.41, 5.74) is 0. The number of carbonyl (C=O) groups is 3. The average Bonchev–Trinajstić information content (AvgIpc) is 2.85. The molecular weight excluding hydrogens is 268 g/mol. The molecule has 0 bridgehead atoms. The number of nitrogens with zero attached hydrogens (tertiary/aromatic N) is 1. The highest BCUT2D eigenvalue weighted by atomic mass is 32.2. The second-order valence-corrected chi connectivity index (χ2v) is 5.66. The summed E-state index contributed by atoms with van der Waals surface area (Å²) in [6.07, 6.45) is 1.55. The predicted molar refractivity (Wildman–Crippen MR) is 70.7 cm³/mol. The molecule has 0 saturated carbocycles. The van der Waals surface area contributed by atoms with Gasteiger partial charge in [0.05, 0.1) is 12.5 Å². The Morgan fingerprint density at radius 2 is 2.32 bits per heavy atom. The number of thioether (sulfide) groups is 1. The molecule has 106 valence electrons. The van der Waals surface area contributed by atoms with Crippen LogP contribution in [0.3, 0.4) is 0 Å². The molecule has 2 rings (SSSR count). The fraction of sp³-hybridized carbons (Fsp3) is 0.750. The van der Waals surface area contributed by atoms with E-state index in [0.29, 0.717) is 25.4 Å². The Labute approximate surface area is 116 Å². The van der Waals surface area contributed by atoms with Gasteiger partial charge in [-0.1, -0.05) is 11.8 Å². The molecule has 2 amide bonds. The van der Waals surface area contributed by atoms with E-state index in [-0.39, 0.29) is 23.0 Å². The summed E-state index contributed by atoms with van der Waals surface area (Å²) in [7, 11) is 0. The van der Waals surface area contributed by atoms with Crippen molar-refractivity contribution < 1.29 is 19.1 Å². The first-order valence-corrected chi connectivity index (χ1v) is 7.49. The number of nitrogens with one attached hydrogen (secondary N) is 1. The normalized spacial score (nSPS) is 27.0. The lowest BCUT2D eigenvalue weighted by molar-refractivity contribution is -0.151. The van der Waals surface area contributed by atoms with Gasteiger partial charge in [-0.25, -0.2) is 0 Å². The number of rotatable bonds is 3. The largest absolute Gasteiger partial charge is 0.466 e. The maximum atomic E-state index is 12.2. The highest BCUT2D eigenvalue weighted by Gasteiger charge is 2.35. The van der Waals surface area contributed by atoms with E-state index in [1.54, 1.807) is 11.8 Å². The highest BCUT2D eigenvalue weighted by molar-refractivity contribution is 8.14. The van der Waals surface area contributed by atoms with Crippen LogP contribution in [0, 0.1) is 5.92 Å². The van der Waals surface area contributed by atoms with Gasteiger partial charge in [0.15, 0.2) is 0 Å². The number of piperidine rings is 1. The smallest absolute Gasteiger partial charge is 0.310 e. The van der Waals surface area contributed by atoms with Crippen LogP contribution in [0.4, 0.5) is 4.79 Å². The molecule has 2 aliphatic rings. The summed E-state index contributed by atoms with van der Waals surface area (Å²) in [5, 5.41) is 2.48. The van der Waals surface area contributed by atoms with Gasteiger partial charge in [-0.2, -0.15) is 0 Å². The minimum absolute atomic E-state index is 0.0904. The van der Waals surface area contributed by atoms with Gasteiger partial charge in [-0.3, -0.25) is 14.4 Å². The van der Waals surface area contributed by atoms with Gasteiger partial charge in [0, 0.05) is 18.8 Å². The second-order valence-electron chi connectivity index (χ2n) is 4.67. The number of esters is 1. The third kappa shape index (κ3) is 3.40. The maximum Gasteiger partial charge on any atom is 0.310 e. The van der Waals surface area contributed by atoms with E-state index in [2.05, 4.69) is 5.32 Å². The van der Waals surface area contributed by atoms with Crippen molar-refractivity contribution in [1.29, 1.82) is 0 Å². The standard InChI is InChI=1S/C12H18N2O4S/c1-2-18-11(16)8-4-3-5-14(6-8)10(15)9-7-19-12(17)13-9/h8-9H,2-7H2,1H3,(H,13,17)/t8-,9?/m0/s1. The number of likely N-dealkylation sites (tertiary alicyclic amines) is 1. The van der Waals surface area contributed by atoms with Crippen molar-refractivity contribution in [2.45, 2.75) is 25.8 Å². The summed E-state index contributed by atoms with van der Waals surface area (Å²) in [4.78, 5) is 36.7. The molecule has 2 atom stereocenters. The molecule has 1 unspecified atom stereocenters. The van der Waals surface area contributed by atoms with Crippen LogP contribution >= 0.6 is 11.8 Å². The van der Waals surface area contributed by atoms with Crippen LogP contribution in [0.25, 0.3) is 0 Å². The fourth-order valence-corrected chi connectivity index (χ4v) is 3.14. The van der Waals surface area contributed by atoms with Gasteiger partial charge in [0.2, 0.25) is 5.91 Å². The van der Waals surface area contributed by atoms with Gasteiger partial charge < -0.3 is 15.0 Å². The van der Waals surface area contributed by atoms with Gasteiger partial charge in [-0.15, -0.1) is 0 Å². The van der Waals surface area contributed by atoms with Crippen molar-refractivity contribution in [3.63, 3.8) is 0 Å². The molecule has 2 aliphatic heterocycles. The Bertz CT molecular complexity index is 388. The molecule has 7 heteroatoms. The fourth-order valence-electron chi connectivity index (χ4n) is 2.37. The lowest BCUT2D eigenvalue weighted by atomic mass is 9.97. The first-order valence-electron chi connectivity index (χ1n) is 6.50. The first kappa shape index (κ1) is 14.2. The van der Waals surface area contributed by atoms with Crippen molar-refractivity contribution in [1.82, 2.24) is 10.2 Å². The SMILES string of the molecule is CCOC(=O)[C@H]1CCCN(C(=O)C2CSC(=O)N2)C1. The zero-order chi connectivity index (χ0) is 13.8. The minimum atomic E-state index is -0.446. The molecule has 6 nitrogen and oxygen atoms in total. The van der Waals surface area contributed by atoms with Crippen LogP contribution in [0.15, 0.2) is 0 Å². The van der Waals surface area contributed by atoms with E-state index in [1.165, 1.54) is 0 Å². The van der Waals surface area contributed by atoms with Crippen LogP contribution in [0.5, 0.6) is 0 Å². The number of hydrogen-bond acceptors (Lipinski definition) is 5. The Morgan fingerprint density at radius 1 is 1.53 bits per heavy atom. The Hall–Kier alpha value is -1.24. The average molecular weight is 286 g/mol. The van der Waals surface area contributed by atoms with E-state index in [9.17, 15) is 14.4 Å². The zero-order valence-corrected chi connectivity index (χ0v) is 11.7. The molecule has 19 heavy (non-hydrogen) atoms. The third-order valence-electron chi connectivity index (χ3n) is 3.32. The van der Waals surface area contributed by atoms with Crippen molar-refractivity contribution in [2.24, 2.45) is 5.92 Å². The van der Waals surface area contributed by atoms with Crippen molar-refractivity contribution in [3.8, 4) is 0 Å². The summed E-state index contributed by atoms with van der Waals surface area (Å²) >= 11 is 1.12. The molecule has 0 aromatic carbocycles. The summed E-state index contributed by atoms with van der Waals surface area (Å²) in [5.74, 6) is -0.0855. The van der Waals surface area contributed by atoms with E-state index < -0.39 is 6.04 Å². The van der Waals surface area contributed by atoms with Crippen LogP contribution < -0.4 is 5.32 Å². The summed E-state index contributed by atoms with van der Waals surface area (Å²) < 4.78 is 5.00. The Kier molecular flexibility index (Phi) is 4.68. The third-order valence-corrected chi connectivity index (χ3v) is 4.20. The Balaban J connectivity index is 1.91. The van der Waals surface area contributed by atoms with E-state index in [1.807, 2.05) is 0 Å². The Morgan fingerprint density at radius 3 is 2.95 bits per heavy atom. The summed E-state index contributed by atoms with van der Waals surface area (Å²) in [6, 6.07) is -0.446. The quantitative estimate of drug-likeness (QED) is 0.769. The summed E-state index contributed by atoms with van der Waals surface area (Å²) in [6.45, 7) is 3.17. The van der Waals surface area contributed by atoms with Crippen molar-refractivity contribution in [2.75, 3.05) is 25.4 Å². The molecule has 0 aliphatic carbocycles.